The Balaban J connectivity index is 1.96. The summed E-state index contributed by atoms with van der Waals surface area (Å²) >= 11 is 0. The minimum absolute atomic E-state index is 0.220. The topological polar surface area (TPSA) is 66.6 Å². The van der Waals surface area contributed by atoms with Gasteiger partial charge in [-0.1, -0.05) is 0 Å². The van der Waals surface area contributed by atoms with Crippen LogP contribution in [0.25, 0.3) is 0 Å². The van der Waals surface area contributed by atoms with E-state index in [9.17, 15) is 14.5 Å². The summed E-state index contributed by atoms with van der Waals surface area (Å²) in [5.74, 6) is -0.133. The highest BCUT2D eigenvalue weighted by Gasteiger charge is 2.24. The Labute approximate surface area is 123 Å². The van der Waals surface area contributed by atoms with Crippen molar-refractivity contribution in [3.05, 3.63) is 39.7 Å². The van der Waals surface area contributed by atoms with Crippen molar-refractivity contribution in [3.8, 4) is 0 Å². The summed E-state index contributed by atoms with van der Waals surface area (Å²) in [4.78, 5) is 12.1. The van der Waals surface area contributed by atoms with Gasteiger partial charge in [-0.2, -0.15) is 0 Å². The number of halogens is 1. The highest BCUT2D eigenvalue weighted by Crippen LogP contribution is 2.28. The van der Waals surface area contributed by atoms with E-state index in [1.807, 2.05) is 7.05 Å². The minimum atomic E-state index is -0.591. The van der Waals surface area contributed by atoms with Gasteiger partial charge >= 0.3 is 0 Å². The molecule has 0 heterocycles. The van der Waals surface area contributed by atoms with Gasteiger partial charge in [0.15, 0.2) is 0 Å². The lowest BCUT2D eigenvalue weighted by Crippen LogP contribution is -2.35. The molecule has 1 saturated carbocycles. The third-order valence-corrected chi connectivity index (χ3v) is 4.37. The maximum Gasteiger partial charge on any atom is 0.272 e. The van der Waals surface area contributed by atoms with Crippen molar-refractivity contribution in [3.63, 3.8) is 0 Å². The molecule has 1 N–H and O–H groups in total. The molecule has 21 heavy (non-hydrogen) atoms. The lowest BCUT2D eigenvalue weighted by Gasteiger charge is -2.34. The van der Waals surface area contributed by atoms with Crippen LogP contribution in [0.3, 0.4) is 0 Å². The van der Waals surface area contributed by atoms with Gasteiger partial charge in [0.2, 0.25) is 0 Å². The van der Waals surface area contributed by atoms with Crippen LogP contribution in [0.15, 0.2) is 18.2 Å². The number of aliphatic hydroxyl groups excluding tert-OH is 1. The summed E-state index contributed by atoms with van der Waals surface area (Å²) < 4.78 is 13.9. The number of aliphatic hydroxyl groups is 1. The number of hydrogen-bond acceptors (Lipinski definition) is 4. The number of nitro benzene ring substituents is 1. The monoisotopic (exact) mass is 296 g/mol. The van der Waals surface area contributed by atoms with Crippen LogP contribution in [0, 0.1) is 21.8 Å². The second kappa shape index (κ2) is 6.95. The quantitative estimate of drug-likeness (QED) is 0.670. The molecule has 116 valence electrons. The zero-order chi connectivity index (χ0) is 15.4. The third-order valence-electron chi connectivity index (χ3n) is 4.37. The maximum atomic E-state index is 13.9. The minimum Gasteiger partial charge on any atom is -0.396 e. The van der Waals surface area contributed by atoms with Gasteiger partial charge in [-0.05, 0) is 44.7 Å². The summed E-state index contributed by atoms with van der Waals surface area (Å²) in [7, 11) is 1.95. The molecule has 0 spiro atoms. The normalized spacial score (nSPS) is 22.5. The van der Waals surface area contributed by atoms with Crippen molar-refractivity contribution in [1.82, 2.24) is 4.90 Å². The highest BCUT2D eigenvalue weighted by atomic mass is 19.1. The van der Waals surface area contributed by atoms with Gasteiger partial charge in [0.25, 0.3) is 5.69 Å². The number of benzene rings is 1. The Morgan fingerprint density at radius 3 is 2.57 bits per heavy atom. The summed E-state index contributed by atoms with van der Waals surface area (Å²) in [6.07, 6.45) is 3.98. The van der Waals surface area contributed by atoms with Gasteiger partial charge in [0.05, 0.1) is 11.0 Å². The van der Waals surface area contributed by atoms with Gasteiger partial charge in [-0.15, -0.1) is 0 Å². The fourth-order valence-electron chi connectivity index (χ4n) is 2.94. The molecule has 1 fully saturated rings. The largest absolute Gasteiger partial charge is 0.396 e. The van der Waals surface area contributed by atoms with Crippen LogP contribution < -0.4 is 0 Å². The van der Waals surface area contributed by atoms with Crippen LogP contribution in [0.2, 0.25) is 0 Å². The molecule has 0 aromatic heterocycles. The number of rotatable bonds is 5. The van der Waals surface area contributed by atoms with E-state index in [4.69, 9.17) is 5.11 Å². The second-order valence-electron chi connectivity index (χ2n) is 5.81. The predicted molar refractivity (Wildman–Crippen MR) is 77.4 cm³/mol. The van der Waals surface area contributed by atoms with Crippen molar-refractivity contribution < 1.29 is 14.4 Å². The first-order valence-electron chi connectivity index (χ1n) is 7.25. The molecule has 0 atom stereocenters. The maximum absolute atomic E-state index is 13.9. The van der Waals surface area contributed by atoms with E-state index in [0.717, 1.165) is 31.7 Å². The van der Waals surface area contributed by atoms with E-state index in [0.29, 0.717) is 24.1 Å². The zero-order valence-corrected chi connectivity index (χ0v) is 12.2. The molecule has 0 bridgehead atoms. The first-order valence-corrected chi connectivity index (χ1v) is 7.25. The van der Waals surface area contributed by atoms with Crippen LogP contribution in [-0.2, 0) is 6.54 Å². The average molecular weight is 296 g/mol. The van der Waals surface area contributed by atoms with Crippen LogP contribution in [0.4, 0.5) is 10.1 Å². The summed E-state index contributed by atoms with van der Waals surface area (Å²) in [6.45, 7) is 0.686. The number of non-ortho nitro benzene ring substituents is 1. The molecule has 0 amide bonds. The lowest BCUT2D eigenvalue weighted by atomic mass is 9.86. The standard InChI is InChI=1S/C15H21FN2O3/c1-17(13-5-2-11(10-19)3-6-13)9-12-4-7-14(18(20)21)8-15(12)16/h4,7-8,11,13,19H,2-3,5-6,9-10H2,1H3. The second-order valence-corrected chi connectivity index (χ2v) is 5.81. The average Bonchev–Trinajstić information content (AvgIpc) is 2.49. The molecule has 5 nitrogen and oxygen atoms in total. The summed E-state index contributed by atoms with van der Waals surface area (Å²) in [5, 5.41) is 19.7. The molecule has 0 aliphatic heterocycles. The SMILES string of the molecule is CN(Cc1ccc([N+](=O)[O-])cc1F)C1CCC(CO)CC1. The van der Waals surface area contributed by atoms with Crippen molar-refractivity contribution in [2.45, 2.75) is 38.3 Å². The molecule has 0 saturated heterocycles. The molecule has 1 aliphatic carbocycles. The van der Waals surface area contributed by atoms with E-state index >= 15 is 0 Å². The molecule has 0 radical (unpaired) electrons. The summed E-state index contributed by atoms with van der Waals surface area (Å²) in [6, 6.07) is 4.19. The van der Waals surface area contributed by atoms with E-state index in [1.54, 1.807) is 0 Å². The van der Waals surface area contributed by atoms with Crippen LogP contribution in [0.5, 0.6) is 0 Å². The highest BCUT2D eigenvalue weighted by molar-refractivity contribution is 5.34. The Morgan fingerprint density at radius 2 is 2.05 bits per heavy atom. The van der Waals surface area contributed by atoms with Gasteiger partial charge in [0, 0.05) is 30.8 Å². The number of nitro groups is 1. The molecule has 1 aliphatic rings. The summed E-state index contributed by atoms with van der Waals surface area (Å²) in [5.41, 5.74) is 0.259. The van der Waals surface area contributed by atoms with Gasteiger partial charge in [-0.3, -0.25) is 15.0 Å². The van der Waals surface area contributed by atoms with Crippen LogP contribution in [0.1, 0.15) is 31.2 Å². The van der Waals surface area contributed by atoms with Crippen LogP contribution in [-0.4, -0.2) is 34.6 Å². The smallest absolute Gasteiger partial charge is 0.272 e. The van der Waals surface area contributed by atoms with E-state index < -0.39 is 10.7 Å². The fourth-order valence-corrected chi connectivity index (χ4v) is 2.94. The predicted octanol–water partition coefficient (Wildman–Crippen LogP) is 2.72. The van der Waals surface area contributed by atoms with Crippen molar-refractivity contribution in [2.24, 2.45) is 5.92 Å². The van der Waals surface area contributed by atoms with Gasteiger partial charge in [-0.25, -0.2) is 4.39 Å². The van der Waals surface area contributed by atoms with Gasteiger partial charge < -0.3 is 5.11 Å². The Morgan fingerprint density at radius 1 is 1.38 bits per heavy atom. The molecule has 6 heteroatoms. The lowest BCUT2D eigenvalue weighted by molar-refractivity contribution is -0.385. The van der Waals surface area contributed by atoms with Crippen molar-refractivity contribution in [1.29, 1.82) is 0 Å². The number of hydrogen-bond donors (Lipinski definition) is 1. The first-order chi connectivity index (χ1) is 10.0. The van der Waals surface area contributed by atoms with E-state index in [2.05, 4.69) is 4.90 Å². The van der Waals surface area contributed by atoms with Gasteiger partial charge in [0.1, 0.15) is 5.82 Å². The first kappa shape index (κ1) is 15.9. The molecule has 1 aromatic rings. The van der Waals surface area contributed by atoms with E-state index in [-0.39, 0.29) is 12.3 Å². The Kier molecular flexibility index (Phi) is 5.25. The number of nitrogens with zero attached hydrogens (tertiary/aromatic N) is 2. The molecule has 1 aromatic carbocycles. The molecule has 0 unspecified atom stereocenters. The van der Waals surface area contributed by atoms with Crippen LogP contribution >= 0.6 is 0 Å². The van der Waals surface area contributed by atoms with Crippen molar-refractivity contribution >= 4 is 5.69 Å². The Bertz CT molecular complexity index is 502. The zero-order valence-electron chi connectivity index (χ0n) is 12.2. The van der Waals surface area contributed by atoms with Crippen molar-refractivity contribution in [2.75, 3.05) is 13.7 Å². The third kappa shape index (κ3) is 3.98. The molecular weight excluding hydrogens is 275 g/mol. The van der Waals surface area contributed by atoms with E-state index in [1.165, 1.54) is 12.1 Å². The Hall–Kier alpha value is -1.53. The fraction of sp³-hybridized carbons (Fsp3) is 0.600. The molecular formula is C15H21FN2O3. The molecule has 2 rings (SSSR count).